The summed E-state index contributed by atoms with van der Waals surface area (Å²) in [7, 11) is 1.59. The van der Waals surface area contributed by atoms with E-state index in [1.165, 1.54) is 6.39 Å². The minimum Gasteiger partial charge on any atom is -0.493 e. The van der Waals surface area contributed by atoms with Crippen molar-refractivity contribution in [2.24, 2.45) is 0 Å². The maximum Gasteiger partial charge on any atom is 0.335 e. The average molecular weight is 368 g/mol. The fourth-order valence-electron chi connectivity index (χ4n) is 2.69. The number of carboxylic acid groups (broad SMARTS) is 1. The molecule has 0 saturated heterocycles. The minimum atomic E-state index is -0.966. The predicted octanol–water partition coefficient (Wildman–Crippen LogP) is 4.12. The van der Waals surface area contributed by atoms with E-state index in [-0.39, 0.29) is 5.56 Å². The van der Waals surface area contributed by atoms with Crippen LogP contribution in [0.4, 0.5) is 11.4 Å². The van der Waals surface area contributed by atoms with Crippen LogP contribution >= 0.6 is 0 Å². The molecule has 0 radical (unpaired) electrons. The van der Waals surface area contributed by atoms with Crippen LogP contribution in [0.3, 0.4) is 0 Å². The number of hydrogen-bond acceptors (Lipinski definition) is 6. The highest BCUT2D eigenvalue weighted by Gasteiger charge is 2.16. The maximum atomic E-state index is 11.1. The fourth-order valence-corrected chi connectivity index (χ4v) is 2.69. The molecule has 3 aromatic rings. The highest BCUT2D eigenvalue weighted by Crippen LogP contribution is 2.35. The smallest absolute Gasteiger partial charge is 0.335 e. The number of ether oxygens (including phenoxy) is 2. The van der Waals surface area contributed by atoms with Crippen molar-refractivity contribution in [1.82, 2.24) is 4.98 Å². The van der Waals surface area contributed by atoms with E-state index in [0.717, 1.165) is 11.4 Å². The van der Waals surface area contributed by atoms with Crippen molar-refractivity contribution < 1.29 is 23.8 Å². The Morgan fingerprint density at radius 2 is 1.89 bits per heavy atom. The van der Waals surface area contributed by atoms with Crippen LogP contribution in [-0.4, -0.2) is 29.8 Å². The first-order valence-electron chi connectivity index (χ1n) is 8.41. The predicted molar refractivity (Wildman–Crippen MR) is 99.9 cm³/mol. The second kappa shape index (κ2) is 8.27. The van der Waals surface area contributed by atoms with E-state index in [9.17, 15) is 4.79 Å². The summed E-state index contributed by atoms with van der Waals surface area (Å²) in [5.41, 5.74) is 1.88. The molecule has 0 saturated carbocycles. The third kappa shape index (κ3) is 4.20. The number of nitrogens with zero attached hydrogens (tertiary/aromatic N) is 2. The first kappa shape index (κ1) is 18.3. The molecule has 7 heteroatoms. The number of benzene rings is 2. The van der Waals surface area contributed by atoms with Crippen LogP contribution in [-0.2, 0) is 6.54 Å². The normalized spacial score (nSPS) is 10.4. The zero-order chi connectivity index (χ0) is 19.2. The van der Waals surface area contributed by atoms with E-state index >= 15 is 0 Å². The molecule has 0 spiro atoms. The van der Waals surface area contributed by atoms with Crippen molar-refractivity contribution in [1.29, 1.82) is 0 Å². The second-order valence-electron chi connectivity index (χ2n) is 5.67. The van der Waals surface area contributed by atoms with Gasteiger partial charge in [-0.05, 0) is 43.3 Å². The Kier molecular flexibility index (Phi) is 5.61. The van der Waals surface area contributed by atoms with Gasteiger partial charge in [0, 0.05) is 17.4 Å². The summed E-state index contributed by atoms with van der Waals surface area (Å²) >= 11 is 0. The lowest BCUT2D eigenvalue weighted by Crippen LogP contribution is -2.16. The number of anilines is 2. The van der Waals surface area contributed by atoms with Crippen molar-refractivity contribution in [3.05, 3.63) is 66.4 Å². The highest BCUT2D eigenvalue weighted by molar-refractivity contribution is 5.88. The van der Waals surface area contributed by atoms with Gasteiger partial charge >= 0.3 is 5.97 Å². The Labute approximate surface area is 156 Å². The van der Waals surface area contributed by atoms with Gasteiger partial charge in [-0.3, -0.25) is 0 Å². The molecule has 0 amide bonds. The van der Waals surface area contributed by atoms with Crippen molar-refractivity contribution in [3.63, 3.8) is 0 Å². The molecule has 0 aliphatic heterocycles. The molecule has 3 rings (SSSR count). The van der Waals surface area contributed by atoms with Gasteiger partial charge in [-0.1, -0.05) is 0 Å². The highest BCUT2D eigenvalue weighted by atomic mass is 16.5. The Hall–Kier alpha value is -3.48. The lowest BCUT2D eigenvalue weighted by atomic mass is 10.1. The molecule has 140 valence electrons. The number of carboxylic acids is 1. The molecule has 0 aliphatic carbocycles. The van der Waals surface area contributed by atoms with Gasteiger partial charge in [0.15, 0.2) is 17.9 Å². The minimum absolute atomic E-state index is 0.225. The summed E-state index contributed by atoms with van der Waals surface area (Å²) in [5, 5.41) is 9.12. The van der Waals surface area contributed by atoms with E-state index in [2.05, 4.69) is 4.98 Å². The van der Waals surface area contributed by atoms with Crippen LogP contribution in [0.1, 0.15) is 23.0 Å². The fraction of sp³-hybridized carbons (Fsp3) is 0.200. The summed E-state index contributed by atoms with van der Waals surface area (Å²) in [6.07, 6.45) is 3.02. The first-order chi connectivity index (χ1) is 13.1. The Balaban J connectivity index is 2.01. The molecule has 1 heterocycles. The second-order valence-corrected chi connectivity index (χ2v) is 5.67. The lowest BCUT2D eigenvalue weighted by molar-refractivity contribution is 0.0697. The van der Waals surface area contributed by atoms with Gasteiger partial charge in [-0.2, -0.15) is 0 Å². The summed E-state index contributed by atoms with van der Waals surface area (Å²) in [6.45, 7) is 2.84. The molecule has 0 unspecified atom stereocenters. The van der Waals surface area contributed by atoms with E-state index in [1.807, 2.05) is 30.0 Å². The van der Waals surface area contributed by atoms with Crippen molar-refractivity contribution in [3.8, 4) is 11.5 Å². The van der Waals surface area contributed by atoms with Crippen molar-refractivity contribution >= 4 is 17.3 Å². The number of methoxy groups -OCH3 is 1. The molecule has 27 heavy (non-hydrogen) atoms. The number of hydrogen-bond donors (Lipinski definition) is 1. The van der Waals surface area contributed by atoms with E-state index < -0.39 is 5.97 Å². The van der Waals surface area contributed by atoms with Crippen LogP contribution < -0.4 is 14.4 Å². The number of rotatable bonds is 8. The third-order valence-corrected chi connectivity index (χ3v) is 3.98. The number of oxazole rings is 1. The summed E-state index contributed by atoms with van der Waals surface area (Å²) in [6, 6.07) is 12.3. The zero-order valence-corrected chi connectivity index (χ0v) is 15.1. The zero-order valence-electron chi connectivity index (χ0n) is 15.1. The van der Waals surface area contributed by atoms with Crippen molar-refractivity contribution in [2.45, 2.75) is 13.5 Å². The van der Waals surface area contributed by atoms with Gasteiger partial charge in [0.1, 0.15) is 5.76 Å². The van der Waals surface area contributed by atoms with Gasteiger partial charge in [0.2, 0.25) is 0 Å². The molecule has 1 aromatic heterocycles. The number of aromatic carboxylic acids is 1. The monoisotopic (exact) mass is 368 g/mol. The molecule has 0 bridgehead atoms. The Bertz CT molecular complexity index is 891. The number of carbonyl (C=O) groups is 1. The lowest BCUT2D eigenvalue weighted by Gasteiger charge is -2.25. The van der Waals surface area contributed by atoms with Gasteiger partial charge in [-0.15, -0.1) is 0 Å². The average Bonchev–Trinajstić information content (AvgIpc) is 3.20. The molecule has 7 nitrogen and oxygen atoms in total. The van der Waals surface area contributed by atoms with Crippen LogP contribution in [0.15, 0.2) is 59.5 Å². The van der Waals surface area contributed by atoms with Crippen LogP contribution in [0, 0.1) is 0 Å². The Morgan fingerprint density at radius 3 is 2.48 bits per heavy atom. The third-order valence-electron chi connectivity index (χ3n) is 3.98. The maximum absolute atomic E-state index is 11.1. The molecule has 0 aliphatic rings. The van der Waals surface area contributed by atoms with Gasteiger partial charge in [0.25, 0.3) is 0 Å². The quantitative estimate of drug-likeness (QED) is 0.640. The van der Waals surface area contributed by atoms with Crippen LogP contribution in [0.5, 0.6) is 11.5 Å². The van der Waals surface area contributed by atoms with Gasteiger partial charge in [0.05, 0.1) is 32.0 Å². The molecule has 0 fully saturated rings. The van der Waals surface area contributed by atoms with E-state index in [0.29, 0.717) is 30.4 Å². The van der Waals surface area contributed by atoms with Crippen LogP contribution in [0.2, 0.25) is 0 Å². The Morgan fingerprint density at radius 1 is 1.15 bits per heavy atom. The summed E-state index contributed by atoms with van der Waals surface area (Å²) in [5.74, 6) is 0.973. The van der Waals surface area contributed by atoms with Gasteiger partial charge in [-0.25, -0.2) is 9.78 Å². The van der Waals surface area contributed by atoms with E-state index in [1.54, 1.807) is 37.6 Å². The topological polar surface area (TPSA) is 85.0 Å². The summed E-state index contributed by atoms with van der Waals surface area (Å²) in [4.78, 5) is 17.1. The molecular weight excluding hydrogens is 348 g/mol. The number of aromatic nitrogens is 1. The summed E-state index contributed by atoms with van der Waals surface area (Å²) < 4.78 is 16.4. The van der Waals surface area contributed by atoms with E-state index in [4.69, 9.17) is 19.0 Å². The standard InChI is InChI=1S/C20H20N2O5/c1-3-26-19-10-16(8-9-18(19)25-2)22(12-17-11-21-13-27-17)15-6-4-14(5-7-15)20(23)24/h4-11,13H,3,12H2,1-2H3,(H,23,24). The van der Waals surface area contributed by atoms with Crippen molar-refractivity contribution in [2.75, 3.05) is 18.6 Å². The van der Waals surface area contributed by atoms with Crippen LogP contribution in [0.25, 0.3) is 0 Å². The first-order valence-corrected chi connectivity index (χ1v) is 8.41. The largest absolute Gasteiger partial charge is 0.493 e. The van der Waals surface area contributed by atoms with Gasteiger partial charge < -0.3 is 23.9 Å². The molecule has 1 N–H and O–H groups in total. The molecule has 2 aromatic carbocycles. The SMILES string of the molecule is CCOc1cc(N(Cc2cnco2)c2ccc(C(=O)O)cc2)ccc1OC. The molecular formula is C20H20N2O5. The molecule has 0 atom stereocenters.